The van der Waals surface area contributed by atoms with Crippen LogP contribution in [0.3, 0.4) is 0 Å². The van der Waals surface area contributed by atoms with Crippen molar-refractivity contribution in [3.8, 4) is 39.8 Å². The maximum absolute atomic E-state index is 7.09. The number of fused-ring (bicyclic) bond motifs is 13. The lowest BCUT2D eigenvalue weighted by Gasteiger charge is -2.16. The number of hydrogen-bond acceptors (Lipinski definition) is 3. The molecule has 0 bridgehead atoms. The SMILES string of the molecule is C1=CC2Oc3c(cc(-c4ccc5c(c4)c4ccccc4n5-c4ccccc4)c4c3c3c5c(ccc3n4-c3nc(-c4ccccc4)c4ccccc4n3)CCC=C5)C2C=C1. The fraction of sp³-hybridized carbons (Fsp3) is 0.0741. The van der Waals surface area contributed by atoms with Crippen LogP contribution in [-0.4, -0.2) is 25.2 Å². The molecule has 4 heterocycles. The predicted molar refractivity (Wildman–Crippen MR) is 242 cm³/mol. The summed E-state index contributed by atoms with van der Waals surface area (Å²) in [6, 6.07) is 52.3. The van der Waals surface area contributed by atoms with Crippen LogP contribution in [0.25, 0.3) is 94.6 Å². The molecule has 5 heteroatoms. The van der Waals surface area contributed by atoms with Crippen LogP contribution in [0.5, 0.6) is 5.75 Å². The third kappa shape index (κ3) is 4.73. The van der Waals surface area contributed by atoms with Crippen LogP contribution < -0.4 is 4.74 Å². The average molecular weight is 757 g/mol. The topological polar surface area (TPSA) is 44.9 Å². The molecular formula is C54H36N4O. The molecule has 0 amide bonds. The number of allylic oxidation sites excluding steroid dienone is 3. The Morgan fingerprint density at radius 1 is 0.593 bits per heavy atom. The molecule has 0 spiro atoms. The molecule has 5 nitrogen and oxygen atoms in total. The van der Waals surface area contributed by atoms with E-state index < -0.39 is 0 Å². The summed E-state index contributed by atoms with van der Waals surface area (Å²) < 4.78 is 11.8. The third-order valence-corrected chi connectivity index (χ3v) is 12.7. The van der Waals surface area contributed by atoms with Crippen molar-refractivity contribution < 1.29 is 4.74 Å². The fourth-order valence-corrected chi connectivity index (χ4v) is 10.1. The molecule has 7 aromatic carbocycles. The maximum Gasteiger partial charge on any atom is 0.235 e. The first-order valence-electron chi connectivity index (χ1n) is 20.6. The van der Waals surface area contributed by atoms with Crippen LogP contribution in [0.2, 0.25) is 0 Å². The molecular weight excluding hydrogens is 721 g/mol. The second kappa shape index (κ2) is 12.5. The number of rotatable bonds is 4. The molecule has 10 aromatic rings. The monoisotopic (exact) mass is 756 g/mol. The molecule has 2 atom stereocenters. The van der Waals surface area contributed by atoms with Crippen LogP contribution in [0.15, 0.2) is 176 Å². The van der Waals surface area contributed by atoms with Crippen LogP contribution in [0.1, 0.15) is 29.0 Å². The quantitative estimate of drug-likeness (QED) is 0.180. The summed E-state index contributed by atoms with van der Waals surface area (Å²) in [7, 11) is 0. The highest BCUT2D eigenvalue weighted by atomic mass is 16.5. The number of hydrogen-bond donors (Lipinski definition) is 0. The van der Waals surface area contributed by atoms with Gasteiger partial charge in [0, 0.05) is 49.8 Å². The summed E-state index contributed by atoms with van der Waals surface area (Å²) in [6.45, 7) is 0. The van der Waals surface area contributed by atoms with Gasteiger partial charge < -0.3 is 9.30 Å². The number of nitrogens with zero attached hydrogens (tertiary/aromatic N) is 4. The number of benzene rings is 7. The zero-order valence-electron chi connectivity index (χ0n) is 32.1. The van der Waals surface area contributed by atoms with Crippen molar-refractivity contribution in [3.05, 3.63) is 193 Å². The first-order chi connectivity index (χ1) is 29.3. The van der Waals surface area contributed by atoms with Gasteiger partial charge >= 0.3 is 0 Å². The van der Waals surface area contributed by atoms with Crippen molar-refractivity contribution in [3.63, 3.8) is 0 Å². The minimum Gasteiger partial charge on any atom is -0.484 e. The summed E-state index contributed by atoms with van der Waals surface area (Å²) in [5, 5.41) is 5.77. The number of aromatic nitrogens is 4. The molecule has 2 unspecified atom stereocenters. The number of aryl methyl sites for hydroxylation is 1. The van der Waals surface area contributed by atoms with E-state index in [0.29, 0.717) is 5.95 Å². The van der Waals surface area contributed by atoms with E-state index in [1.807, 2.05) is 0 Å². The van der Waals surface area contributed by atoms with Gasteiger partial charge in [0.15, 0.2) is 0 Å². The Bertz CT molecular complexity index is 3480. The van der Waals surface area contributed by atoms with Crippen molar-refractivity contribution in [2.45, 2.75) is 24.9 Å². The number of ether oxygens (including phenoxy) is 1. The van der Waals surface area contributed by atoms with Crippen molar-refractivity contribution >= 4 is 60.6 Å². The Kier molecular flexibility index (Phi) is 6.90. The van der Waals surface area contributed by atoms with Crippen molar-refractivity contribution in [1.29, 1.82) is 0 Å². The molecule has 0 N–H and O–H groups in total. The second-order valence-corrected chi connectivity index (χ2v) is 15.9. The average Bonchev–Trinajstić information content (AvgIpc) is 3.97. The van der Waals surface area contributed by atoms with Crippen LogP contribution in [0, 0.1) is 0 Å². The summed E-state index contributed by atoms with van der Waals surface area (Å²) in [6.07, 6.45) is 15.4. The molecule has 0 saturated heterocycles. The van der Waals surface area contributed by atoms with Gasteiger partial charge in [-0.2, -0.15) is 0 Å². The summed E-state index contributed by atoms with van der Waals surface area (Å²) in [5.74, 6) is 1.70. The zero-order valence-corrected chi connectivity index (χ0v) is 32.1. The van der Waals surface area contributed by atoms with Gasteiger partial charge in [-0.05, 0) is 84.1 Å². The Hall–Kier alpha value is -7.50. The third-order valence-electron chi connectivity index (χ3n) is 12.7. The normalized spacial score (nSPS) is 16.6. The van der Waals surface area contributed by atoms with Crippen molar-refractivity contribution in [2.75, 3.05) is 0 Å². The Morgan fingerprint density at radius 3 is 2.25 bits per heavy atom. The molecule has 0 saturated carbocycles. The summed E-state index contributed by atoms with van der Waals surface area (Å²) in [5.41, 5.74) is 14.6. The molecule has 1 aliphatic heterocycles. The van der Waals surface area contributed by atoms with Gasteiger partial charge in [0.05, 0.1) is 38.7 Å². The van der Waals surface area contributed by atoms with E-state index in [4.69, 9.17) is 14.7 Å². The van der Waals surface area contributed by atoms with Crippen molar-refractivity contribution in [2.24, 2.45) is 0 Å². The lowest BCUT2D eigenvalue weighted by atomic mass is 9.87. The minimum atomic E-state index is -0.0742. The molecule has 278 valence electrons. The van der Waals surface area contributed by atoms with Gasteiger partial charge in [-0.25, -0.2) is 9.97 Å². The van der Waals surface area contributed by atoms with Gasteiger partial charge in [-0.1, -0.05) is 127 Å². The second-order valence-electron chi connectivity index (χ2n) is 15.9. The lowest BCUT2D eigenvalue weighted by molar-refractivity contribution is 0.271. The Morgan fingerprint density at radius 2 is 1.36 bits per heavy atom. The molecule has 3 aliphatic rings. The smallest absolute Gasteiger partial charge is 0.235 e. The largest absolute Gasteiger partial charge is 0.484 e. The van der Waals surface area contributed by atoms with Crippen LogP contribution >= 0.6 is 0 Å². The van der Waals surface area contributed by atoms with E-state index in [1.54, 1.807) is 0 Å². The first kappa shape index (κ1) is 32.6. The van der Waals surface area contributed by atoms with Crippen LogP contribution in [-0.2, 0) is 6.42 Å². The minimum absolute atomic E-state index is 0.0742. The molecule has 2 aliphatic carbocycles. The zero-order chi connectivity index (χ0) is 38.6. The van der Waals surface area contributed by atoms with Gasteiger partial charge in [0.25, 0.3) is 0 Å². The summed E-state index contributed by atoms with van der Waals surface area (Å²) in [4.78, 5) is 10.9. The Balaban J connectivity index is 1.19. The molecule has 59 heavy (non-hydrogen) atoms. The van der Waals surface area contributed by atoms with E-state index in [0.717, 1.165) is 74.0 Å². The van der Waals surface area contributed by atoms with Crippen molar-refractivity contribution in [1.82, 2.24) is 19.1 Å². The van der Waals surface area contributed by atoms with E-state index in [1.165, 1.54) is 43.9 Å². The molecule has 3 aromatic heterocycles. The highest BCUT2D eigenvalue weighted by molar-refractivity contribution is 6.21. The van der Waals surface area contributed by atoms with E-state index in [-0.39, 0.29) is 12.0 Å². The lowest BCUT2D eigenvalue weighted by Crippen LogP contribution is -2.15. The van der Waals surface area contributed by atoms with Gasteiger partial charge in [0.1, 0.15) is 11.9 Å². The maximum atomic E-state index is 7.09. The van der Waals surface area contributed by atoms with Gasteiger partial charge in [-0.15, -0.1) is 0 Å². The highest BCUT2D eigenvalue weighted by Gasteiger charge is 2.37. The van der Waals surface area contributed by atoms with E-state index in [9.17, 15) is 0 Å². The summed E-state index contributed by atoms with van der Waals surface area (Å²) >= 11 is 0. The standard InChI is InChI=1S/C54H36N4O/c1-3-16-34(17-4-1)51-40-23-9-12-24-44(40)55-54(56-51)58-47-30-27-33-15-7-8-20-37(33)49(47)50-52(58)41(32-43-39-22-11-14-26-48(39)59-53(43)50)35-28-29-46-42(31-35)38-21-10-13-25-45(38)57(46)36-18-5-2-6-19-36/h1-6,8-14,16-32,39,48H,7,15H2. The molecule has 13 rings (SSSR count). The van der Waals surface area contributed by atoms with Crippen LogP contribution in [0.4, 0.5) is 0 Å². The van der Waals surface area contributed by atoms with E-state index in [2.05, 4.69) is 191 Å². The predicted octanol–water partition coefficient (Wildman–Crippen LogP) is 13.1. The highest BCUT2D eigenvalue weighted by Crippen LogP contribution is 2.53. The number of para-hydroxylation sites is 3. The van der Waals surface area contributed by atoms with Gasteiger partial charge in [-0.3, -0.25) is 4.57 Å². The Labute approximate surface area is 340 Å². The fourth-order valence-electron chi connectivity index (χ4n) is 10.1. The molecule has 0 radical (unpaired) electrons. The molecule has 0 fully saturated rings. The first-order valence-corrected chi connectivity index (χ1v) is 20.6. The van der Waals surface area contributed by atoms with Gasteiger partial charge in [0.2, 0.25) is 5.95 Å². The van der Waals surface area contributed by atoms with E-state index >= 15 is 0 Å².